The molecule has 1 aromatic carbocycles. The standard InChI is InChI=1S/C17H20F2N2O5/c1-11(22)21(10-15(23)24)9-14-8-20(5-6-26-14)17(25)13-4-2-3-12(7-13)16(18)19/h2-4,7,14,16H,5-6,8-10H2,1H3,(H,23,24). The average molecular weight is 370 g/mol. The number of rotatable bonds is 6. The molecule has 0 radical (unpaired) electrons. The Labute approximate surface area is 149 Å². The van der Waals surface area contributed by atoms with Gasteiger partial charge in [-0.1, -0.05) is 12.1 Å². The minimum Gasteiger partial charge on any atom is -0.480 e. The molecule has 0 saturated carbocycles. The number of morpholine rings is 1. The summed E-state index contributed by atoms with van der Waals surface area (Å²) >= 11 is 0. The quantitative estimate of drug-likeness (QED) is 0.818. The van der Waals surface area contributed by atoms with Crippen molar-refractivity contribution in [1.82, 2.24) is 9.80 Å². The maximum atomic E-state index is 12.8. The summed E-state index contributed by atoms with van der Waals surface area (Å²) in [6.07, 6.45) is -3.21. The summed E-state index contributed by atoms with van der Waals surface area (Å²) in [5.74, 6) is -1.97. The number of carbonyl (C=O) groups excluding carboxylic acids is 2. The first-order chi connectivity index (χ1) is 12.3. The summed E-state index contributed by atoms with van der Waals surface area (Å²) in [7, 11) is 0. The first kappa shape index (κ1) is 19.8. The van der Waals surface area contributed by atoms with Crippen LogP contribution in [0.25, 0.3) is 0 Å². The van der Waals surface area contributed by atoms with E-state index in [1.165, 1.54) is 30.0 Å². The van der Waals surface area contributed by atoms with Crippen LogP contribution in [-0.2, 0) is 14.3 Å². The van der Waals surface area contributed by atoms with Gasteiger partial charge in [0.2, 0.25) is 5.91 Å². The fourth-order valence-electron chi connectivity index (χ4n) is 2.72. The normalized spacial score (nSPS) is 17.2. The van der Waals surface area contributed by atoms with Crippen LogP contribution in [0.1, 0.15) is 29.3 Å². The van der Waals surface area contributed by atoms with Gasteiger partial charge in [-0.25, -0.2) is 8.78 Å². The molecular weight excluding hydrogens is 350 g/mol. The summed E-state index contributed by atoms with van der Waals surface area (Å²) in [6.45, 7) is 1.46. The zero-order chi connectivity index (χ0) is 19.3. The van der Waals surface area contributed by atoms with Crippen LogP contribution in [0.2, 0.25) is 0 Å². The van der Waals surface area contributed by atoms with Crippen molar-refractivity contribution < 1.29 is 33.0 Å². The molecule has 2 amide bonds. The third-order valence-corrected chi connectivity index (χ3v) is 4.01. The van der Waals surface area contributed by atoms with Gasteiger partial charge in [0.25, 0.3) is 12.3 Å². The molecule has 26 heavy (non-hydrogen) atoms. The number of halogens is 2. The highest BCUT2D eigenvalue weighted by Crippen LogP contribution is 2.21. The fraction of sp³-hybridized carbons (Fsp3) is 0.471. The van der Waals surface area contributed by atoms with Crippen LogP contribution in [0.5, 0.6) is 0 Å². The number of amides is 2. The second kappa shape index (κ2) is 8.70. The Kier molecular flexibility index (Phi) is 6.62. The molecule has 0 aromatic heterocycles. The minimum atomic E-state index is -2.67. The largest absolute Gasteiger partial charge is 0.480 e. The molecule has 142 valence electrons. The Bertz CT molecular complexity index is 683. The van der Waals surface area contributed by atoms with Crippen molar-refractivity contribution in [2.75, 3.05) is 32.8 Å². The lowest BCUT2D eigenvalue weighted by molar-refractivity contribution is -0.145. The van der Waals surface area contributed by atoms with Gasteiger partial charge < -0.3 is 19.6 Å². The van der Waals surface area contributed by atoms with Gasteiger partial charge in [-0.3, -0.25) is 14.4 Å². The summed E-state index contributed by atoms with van der Waals surface area (Å²) in [6, 6.07) is 5.27. The monoisotopic (exact) mass is 370 g/mol. The number of nitrogens with zero attached hydrogens (tertiary/aromatic N) is 2. The van der Waals surface area contributed by atoms with Crippen molar-refractivity contribution in [2.45, 2.75) is 19.5 Å². The van der Waals surface area contributed by atoms with Crippen LogP contribution < -0.4 is 0 Å². The van der Waals surface area contributed by atoms with Gasteiger partial charge in [0.15, 0.2) is 0 Å². The fourth-order valence-corrected chi connectivity index (χ4v) is 2.72. The number of ether oxygens (including phenoxy) is 1. The average Bonchev–Trinajstić information content (AvgIpc) is 2.60. The van der Waals surface area contributed by atoms with E-state index in [-0.39, 0.29) is 37.4 Å². The molecule has 7 nitrogen and oxygen atoms in total. The van der Waals surface area contributed by atoms with Gasteiger partial charge in [-0.15, -0.1) is 0 Å². The number of hydrogen-bond donors (Lipinski definition) is 1. The van der Waals surface area contributed by atoms with Crippen molar-refractivity contribution in [3.05, 3.63) is 35.4 Å². The van der Waals surface area contributed by atoms with Gasteiger partial charge in [0, 0.05) is 37.7 Å². The first-order valence-corrected chi connectivity index (χ1v) is 8.04. The van der Waals surface area contributed by atoms with Crippen LogP contribution in [-0.4, -0.2) is 71.6 Å². The summed E-state index contributed by atoms with van der Waals surface area (Å²) in [4.78, 5) is 37.5. The van der Waals surface area contributed by atoms with Crippen LogP contribution in [0.4, 0.5) is 8.78 Å². The van der Waals surface area contributed by atoms with Gasteiger partial charge in [0.1, 0.15) is 6.54 Å². The topological polar surface area (TPSA) is 87.2 Å². The lowest BCUT2D eigenvalue weighted by atomic mass is 10.1. The van der Waals surface area contributed by atoms with E-state index in [0.717, 1.165) is 11.0 Å². The van der Waals surface area contributed by atoms with Crippen LogP contribution in [0.15, 0.2) is 24.3 Å². The van der Waals surface area contributed by atoms with Crippen LogP contribution in [0.3, 0.4) is 0 Å². The van der Waals surface area contributed by atoms with Gasteiger partial charge >= 0.3 is 5.97 Å². The van der Waals surface area contributed by atoms with Crippen molar-refractivity contribution in [1.29, 1.82) is 0 Å². The molecule has 1 aromatic rings. The Morgan fingerprint density at radius 1 is 1.38 bits per heavy atom. The van der Waals surface area contributed by atoms with E-state index in [1.807, 2.05) is 0 Å². The number of carboxylic acids is 1. The zero-order valence-corrected chi connectivity index (χ0v) is 14.2. The molecule has 1 N–H and O–H groups in total. The first-order valence-electron chi connectivity index (χ1n) is 8.04. The summed E-state index contributed by atoms with van der Waals surface area (Å²) in [5.41, 5.74) is -0.0812. The molecular formula is C17H20F2N2O5. The van der Waals surface area contributed by atoms with Gasteiger partial charge in [-0.2, -0.15) is 0 Å². The Balaban J connectivity index is 2.05. The molecule has 9 heteroatoms. The van der Waals surface area contributed by atoms with E-state index >= 15 is 0 Å². The molecule has 1 aliphatic heterocycles. The third-order valence-electron chi connectivity index (χ3n) is 4.01. The Morgan fingerprint density at radius 2 is 2.12 bits per heavy atom. The molecule has 1 heterocycles. The molecule has 1 unspecified atom stereocenters. The molecule has 1 aliphatic rings. The number of hydrogen-bond acceptors (Lipinski definition) is 4. The molecule has 1 saturated heterocycles. The van der Waals surface area contributed by atoms with Gasteiger partial charge in [-0.05, 0) is 12.1 Å². The van der Waals surface area contributed by atoms with E-state index < -0.39 is 36.9 Å². The number of carbonyl (C=O) groups is 3. The Hall–Kier alpha value is -2.55. The lowest BCUT2D eigenvalue weighted by Gasteiger charge is -2.35. The highest BCUT2D eigenvalue weighted by Gasteiger charge is 2.28. The zero-order valence-electron chi connectivity index (χ0n) is 14.2. The molecule has 0 bridgehead atoms. The van der Waals surface area contributed by atoms with Crippen LogP contribution >= 0.6 is 0 Å². The van der Waals surface area contributed by atoms with Crippen molar-refractivity contribution in [3.63, 3.8) is 0 Å². The van der Waals surface area contributed by atoms with E-state index in [9.17, 15) is 23.2 Å². The second-order valence-electron chi connectivity index (χ2n) is 5.96. The van der Waals surface area contributed by atoms with E-state index in [1.54, 1.807) is 0 Å². The third kappa shape index (κ3) is 5.22. The smallest absolute Gasteiger partial charge is 0.323 e. The maximum absolute atomic E-state index is 12.8. The maximum Gasteiger partial charge on any atom is 0.323 e. The predicted octanol–water partition coefficient (Wildman–Crippen LogP) is 1.40. The highest BCUT2D eigenvalue weighted by molar-refractivity contribution is 5.94. The number of alkyl halides is 2. The number of carboxylic acid groups (broad SMARTS) is 1. The minimum absolute atomic E-state index is 0.0302. The van der Waals surface area contributed by atoms with Crippen molar-refractivity contribution in [2.24, 2.45) is 0 Å². The molecule has 2 rings (SSSR count). The van der Waals surface area contributed by atoms with E-state index in [4.69, 9.17) is 9.84 Å². The van der Waals surface area contributed by atoms with Crippen LogP contribution in [0, 0.1) is 0 Å². The molecule has 1 fully saturated rings. The predicted molar refractivity (Wildman–Crippen MR) is 86.9 cm³/mol. The van der Waals surface area contributed by atoms with E-state index in [2.05, 4.69) is 0 Å². The summed E-state index contributed by atoms with van der Waals surface area (Å²) < 4.78 is 31.1. The van der Waals surface area contributed by atoms with Crippen molar-refractivity contribution >= 4 is 17.8 Å². The molecule has 0 spiro atoms. The molecule has 0 aliphatic carbocycles. The Morgan fingerprint density at radius 3 is 2.73 bits per heavy atom. The second-order valence-corrected chi connectivity index (χ2v) is 5.96. The number of aliphatic carboxylic acids is 1. The molecule has 1 atom stereocenters. The SMILES string of the molecule is CC(=O)N(CC(=O)O)CC1CN(C(=O)c2cccc(C(F)F)c2)CCO1. The van der Waals surface area contributed by atoms with E-state index in [0.29, 0.717) is 0 Å². The summed E-state index contributed by atoms with van der Waals surface area (Å²) in [5, 5.41) is 8.86. The lowest BCUT2D eigenvalue weighted by Crippen LogP contribution is -2.51. The highest BCUT2D eigenvalue weighted by atomic mass is 19.3. The van der Waals surface area contributed by atoms with Crippen molar-refractivity contribution in [3.8, 4) is 0 Å². The number of benzene rings is 1. The van der Waals surface area contributed by atoms with Gasteiger partial charge in [0.05, 0.1) is 12.7 Å².